The van der Waals surface area contributed by atoms with Crippen LogP contribution < -0.4 is 14.4 Å². The van der Waals surface area contributed by atoms with Crippen molar-refractivity contribution in [1.29, 1.82) is 0 Å². The minimum absolute atomic E-state index is 0.659. The number of ether oxygens (including phenoxy) is 3. The average molecular weight is 467 g/mol. The Labute approximate surface area is 198 Å². The van der Waals surface area contributed by atoms with Crippen LogP contribution in [-0.4, -0.2) is 54.6 Å². The van der Waals surface area contributed by atoms with Gasteiger partial charge >= 0.3 is 0 Å². The van der Waals surface area contributed by atoms with Crippen LogP contribution in [0.25, 0.3) is 16.9 Å². The second kappa shape index (κ2) is 9.27. The normalized spacial score (nSPS) is 16.1. The minimum Gasteiger partial charge on any atom is -0.496 e. The summed E-state index contributed by atoms with van der Waals surface area (Å²) in [4.78, 5) is 12.3. The molecular formula is C25H30N4O3S. The lowest BCUT2D eigenvalue weighted by molar-refractivity contribution is 0.153. The molecule has 3 aromatic rings. The third-order valence-corrected chi connectivity index (χ3v) is 6.91. The Balaban J connectivity index is 1.72. The van der Waals surface area contributed by atoms with Crippen molar-refractivity contribution in [3.05, 3.63) is 41.9 Å². The Morgan fingerprint density at radius 3 is 2.58 bits per heavy atom. The third kappa shape index (κ3) is 4.17. The number of aryl methyl sites for hydroxylation is 1. The fourth-order valence-electron chi connectivity index (χ4n) is 4.44. The zero-order valence-electron chi connectivity index (χ0n) is 19.6. The van der Waals surface area contributed by atoms with Crippen molar-refractivity contribution in [2.24, 2.45) is 5.92 Å². The van der Waals surface area contributed by atoms with Gasteiger partial charge in [0.1, 0.15) is 22.2 Å². The summed E-state index contributed by atoms with van der Waals surface area (Å²) in [6.45, 7) is 4.44. The van der Waals surface area contributed by atoms with Crippen molar-refractivity contribution in [3.63, 3.8) is 0 Å². The van der Waals surface area contributed by atoms with Gasteiger partial charge in [-0.3, -0.25) is 9.38 Å². The molecule has 33 heavy (non-hydrogen) atoms. The first-order chi connectivity index (χ1) is 16.1. The van der Waals surface area contributed by atoms with Crippen molar-refractivity contribution >= 4 is 23.2 Å². The monoisotopic (exact) mass is 466 g/mol. The molecule has 2 aromatic heterocycles. The molecule has 0 atom stereocenters. The summed E-state index contributed by atoms with van der Waals surface area (Å²) in [6, 6.07) is 4.02. The molecule has 7 nitrogen and oxygen atoms in total. The summed E-state index contributed by atoms with van der Waals surface area (Å²) < 4.78 is 19.3. The van der Waals surface area contributed by atoms with E-state index in [1.54, 1.807) is 26.0 Å². The number of anilines is 1. The first-order valence-electron chi connectivity index (χ1n) is 11.3. The lowest BCUT2D eigenvalue weighted by Crippen LogP contribution is -2.29. The maximum absolute atomic E-state index is 5.74. The fourth-order valence-corrected chi connectivity index (χ4v) is 5.01. The van der Waals surface area contributed by atoms with Crippen molar-refractivity contribution in [1.82, 2.24) is 14.4 Å². The van der Waals surface area contributed by atoms with E-state index in [9.17, 15) is 0 Å². The zero-order valence-corrected chi connectivity index (χ0v) is 20.4. The molecule has 0 saturated heterocycles. The van der Waals surface area contributed by atoms with Crippen molar-refractivity contribution in [3.8, 4) is 22.8 Å². The molecule has 0 unspecified atom stereocenters. The topological polar surface area (TPSA) is 61.1 Å². The molecule has 1 aliphatic heterocycles. The lowest BCUT2D eigenvalue weighted by Gasteiger charge is -2.29. The molecule has 3 heterocycles. The van der Waals surface area contributed by atoms with Crippen LogP contribution >= 0.6 is 11.8 Å². The zero-order chi connectivity index (χ0) is 22.9. The highest BCUT2D eigenvalue weighted by Crippen LogP contribution is 2.43. The molecule has 1 aliphatic carbocycles. The van der Waals surface area contributed by atoms with Gasteiger partial charge in [0, 0.05) is 31.1 Å². The van der Waals surface area contributed by atoms with Gasteiger partial charge in [0.15, 0.2) is 11.5 Å². The standard InChI is InChI=1S/C25H30N4O3S/c1-16-13-19(30-2)21(20(14-16)31-3)22-23-27-24(33-4)25(28(23)10-9-26-22)29(15-17-5-6-17)18-7-11-32-12-8-18/h7,9-10,13-14,17H,5-6,8,11-12,15H2,1-4H3. The van der Waals surface area contributed by atoms with E-state index < -0.39 is 0 Å². The number of imidazole rings is 1. The first kappa shape index (κ1) is 22.1. The first-order valence-corrected chi connectivity index (χ1v) is 12.6. The number of benzene rings is 1. The number of nitrogens with zero attached hydrogens (tertiary/aromatic N) is 4. The van der Waals surface area contributed by atoms with Crippen LogP contribution in [-0.2, 0) is 4.74 Å². The predicted molar refractivity (Wildman–Crippen MR) is 132 cm³/mol. The number of fused-ring (bicyclic) bond motifs is 1. The molecule has 0 spiro atoms. The quantitative estimate of drug-likeness (QED) is 0.435. The molecule has 0 N–H and O–H groups in total. The Morgan fingerprint density at radius 2 is 1.97 bits per heavy atom. The van der Waals surface area contributed by atoms with Crippen LogP contribution in [0.1, 0.15) is 24.8 Å². The van der Waals surface area contributed by atoms with Gasteiger partial charge in [-0.15, -0.1) is 11.8 Å². The van der Waals surface area contributed by atoms with Gasteiger partial charge in [0.2, 0.25) is 0 Å². The second-order valence-electron chi connectivity index (χ2n) is 8.53. The van der Waals surface area contributed by atoms with Crippen LogP contribution in [0.5, 0.6) is 11.5 Å². The molecule has 1 fully saturated rings. The van der Waals surface area contributed by atoms with Crippen molar-refractivity contribution in [2.45, 2.75) is 31.2 Å². The molecule has 2 aliphatic rings. The summed E-state index contributed by atoms with van der Waals surface area (Å²) in [5.41, 5.74) is 4.75. The molecule has 1 saturated carbocycles. The maximum atomic E-state index is 5.74. The van der Waals surface area contributed by atoms with Crippen LogP contribution in [0.3, 0.4) is 0 Å². The summed E-state index contributed by atoms with van der Waals surface area (Å²) in [5, 5.41) is 0.988. The fraction of sp³-hybridized carbons (Fsp3) is 0.440. The molecule has 0 amide bonds. The van der Waals surface area contributed by atoms with Crippen LogP contribution in [0, 0.1) is 12.8 Å². The average Bonchev–Trinajstić information content (AvgIpc) is 3.60. The Morgan fingerprint density at radius 1 is 1.21 bits per heavy atom. The molecule has 0 radical (unpaired) electrons. The van der Waals surface area contributed by atoms with Crippen LogP contribution in [0.4, 0.5) is 5.82 Å². The van der Waals surface area contributed by atoms with Crippen LogP contribution in [0.15, 0.2) is 41.3 Å². The largest absolute Gasteiger partial charge is 0.496 e. The van der Waals surface area contributed by atoms with Gasteiger partial charge in [0.25, 0.3) is 0 Å². The Hall–Kier alpha value is -2.71. The van der Waals surface area contributed by atoms with Crippen LogP contribution in [0.2, 0.25) is 0 Å². The Kier molecular flexibility index (Phi) is 6.21. The molecule has 8 heteroatoms. The van der Waals surface area contributed by atoms with Gasteiger partial charge in [0.05, 0.1) is 33.0 Å². The highest BCUT2D eigenvalue weighted by Gasteiger charge is 2.31. The molecule has 5 rings (SSSR count). The van der Waals surface area contributed by atoms with E-state index in [4.69, 9.17) is 24.2 Å². The number of hydrogen-bond donors (Lipinski definition) is 0. The SMILES string of the molecule is COc1cc(C)cc(OC)c1-c1nccn2c(N(CC3CC3)C3=CCOCC3)c(SC)nc12. The van der Waals surface area contributed by atoms with Gasteiger partial charge in [-0.25, -0.2) is 4.98 Å². The second-order valence-corrected chi connectivity index (χ2v) is 9.33. The minimum atomic E-state index is 0.659. The third-order valence-electron chi connectivity index (χ3n) is 6.25. The Bertz CT molecular complexity index is 1180. The molecule has 174 valence electrons. The smallest absolute Gasteiger partial charge is 0.166 e. The molecule has 1 aromatic carbocycles. The number of aromatic nitrogens is 3. The van der Waals surface area contributed by atoms with E-state index >= 15 is 0 Å². The van der Waals surface area contributed by atoms with Crippen molar-refractivity contribution < 1.29 is 14.2 Å². The number of rotatable bonds is 8. The summed E-state index contributed by atoms with van der Waals surface area (Å²) >= 11 is 1.66. The number of thioether (sulfide) groups is 1. The lowest BCUT2D eigenvalue weighted by atomic mass is 10.1. The van der Waals surface area contributed by atoms with E-state index in [0.717, 1.165) is 70.3 Å². The summed E-state index contributed by atoms with van der Waals surface area (Å²) in [6.07, 6.45) is 11.6. The number of methoxy groups -OCH3 is 2. The van der Waals surface area contributed by atoms with E-state index in [1.165, 1.54) is 18.5 Å². The van der Waals surface area contributed by atoms with Crippen molar-refractivity contribution in [2.75, 3.05) is 45.1 Å². The highest BCUT2D eigenvalue weighted by molar-refractivity contribution is 7.98. The van der Waals surface area contributed by atoms with E-state index in [2.05, 4.69) is 21.6 Å². The molecular weight excluding hydrogens is 436 g/mol. The molecule has 0 bridgehead atoms. The van der Waals surface area contributed by atoms with E-state index in [1.807, 2.05) is 31.5 Å². The van der Waals surface area contributed by atoms with Gasteiger partial charge in [-0.2, -0.15) is 0 Å². The van der Waals surface area contributed by atoms with E-state index in [0.29, 0.717) is 6.61 Å². The van der Waals surface area contributed by atoms with Gasteiger partial charge in [-0.1, -0.05) is 0 Å². The van der Waals surface area contributed by atoms with Gasteiger partial charge in [-0.05, 0) is 55.7 Å². The summed E-state index contributed by atoms with van der Waals surface area (Å²) in [7, 11) is 3.36. The van der Waals surface area contributed by atoms with E-state index in [-0.39, 0.29) is 0 Å². The van der Waals surface area contributed by atoms with Gasteiger partial charge < -0.3 is 19.1 Å². The summed E-state index contributed by atoms with van der Waals surface area (Å²) in [5.74, 6) is 3.29. The maximum Gasteiger partial charge on any atom is 0.166 e. The highest BCUT2D eigenvalue weighted by atomic mass is 32.2. The number of hydrogen-bond acceptors (Lipinski definition) is 7. The predicted octanol–water partition coefficient (Wildman–Crippen LogP) is 4.96.